The fourth-order valence-electron chi connectivity index (χ4n) is 2.06. The molecular formula is C13H8Cl2O3S. The largest absolute Gasteiger partial charge is 0.491 e. The van der Waals surface area contributed by atoms with E-state index in [0.29, 0.717) is 33.7 Å². The van der Waals surface area contributed by atoms with Gasteiger partial charge in [-0.15, -0.1) is 11.3 Å². The molecular weight excluding hydrogens is 307 g/mol. The van der Waals surface area contributed by atoms with Crippen LogP contribution in [-0.4, -0.2) is 17.7 Å². The number of ether oxygens (including phenoxy) is 1. The molecule has 0 fully saturated rings. The van der Waals surface area contributed by atoms with Crippen molar-refractivity contribution in [2.45, 2.75) is 6.42 Å². The van der Waals surface area contributed by atoms with Crippen molar-refractivity contribution in [2.75, 3.05) is 6.61 Å². The standard InChI is InChI=1S/C13H8Cl2O3S/c14-8-2-1-7-11(10(8)15)18-4-3-6-5-9(13(16)17)19-12(6)7/h1-2,5H,3-4H2,(H,16,17). The number of carbonyl (C=O) groups is 1. The molecule has 2 aromatic rings. The molecule has 0 spiro atoms. The third-order valence-electron chi connectivity index (χ3n) is 2.93. The molecule has 1 N–H and O–H groups in total. The van der Waals surface area contributed by atoms with Crippen LogP contribution in [0.25, 0.3) is 10.4 Å². The second-order valence-electron chi connectivity index (χ2n) is 4.11. The Morgan fingerprint density at radius 1 is 1.37 bits per heavy atom. The van der Waals surface area contributed by atoms with E-state index in [1.165, 1.54) is 11.3 Å². The van der Waals surface area contributed by atoms with Gasteiger partial charge in [0, 0.05) is 16.9 Å². The van der Waals surface area contributed by atoms with Gasteiger partial charge in [-0.1, -0.05) is 23.2 Å². The number of halogens is 2. The number of rotatable bonds is 1. The van der Waals surface area contributed by atoms with Crippen LogP contribution in [0, 0.1) is 0 Å². The topological polar surface area (TPSA) is 46.5 Å². The van der Waals surface area contributed by atoms with Crippen molar-refractivity contribution < 1.29 is 14.6 Å². The summed E-state index contributed by atoms with van der Waals surface area (Å²) in [6.45, 7) is 0.454. The first-order chi connectivity index (χ1) is 9.08. The molecule has 3 rings (SSSR count). The van der Waals surface area contributed by atoms with E-state index in [1.54, 1.807) is 12.1 Å². The first-order valence-electron chi connectivity index (χ1n) is 5.55. The summed E-state index contributed by atoms with van der Waals surface area (Å²) in [5, 5.41) is 9.89. The van der Waals surface area contributed by atoms with Crippen LogP contribution in [0.3, 0.4) is 0 Å². The molecule has 0 amide bonds. The van der Waals surface area contributed by atoms with Crippen LogP contribution in [0.15, 0.2) is 18.2 Å². The van der Waals surface area contributed by atoms with Crippen molar-refractivity contribution in [3.8, 4) is 16.2 Å². The van der Waals surface area contributed by atoms with E-state index in [0.717, 1.165) is 16.0 Å². The predicted octanol–water partition coefficient (Wildman–Crippen LogP) is 4.36. The molecule has 2 heterocycles. The third kappa shape index (κ3) is 2.10. The van der Waals surface area contributed by atoms with Gasteiger partial charge in [-0.2, -0.15) is 0 Å². The molecule has 98 valence electrons. The first kappa shape index (κ1) is 12.8. The molecule has 0 saturated heterocycles. The predicted molar refractivity (Wildman–Crippen MR) is 75.9 cm³/mol. The highest BCUT2D eigenvalue weighted by atomic mass is 35.5. The van der Waals surface area contributed by atoms with E-state index in [-0.39, 0.29) is 0 Å². The van der Waals surface area contributed by atoms with Gasteiger partial charge < -0.3 is 9.84 Å². The van der Waals surface area contributed by atoms with Crippen LogP contribution in [0.2, 0.25) is 10.0 Å². The summed E-state index contributed by atoms with van der Waals surface area (Å²) >= 11 is 13.4. The van der Waals surface area contributed by atoms with Crippen molar-refractivity contribution in [3.63, 3.8) is 0 Å². The summed E-state index contributed by atoms with van der Waals surface area (Å²) in [5.41, 5.74) is 1.78. The molecule has 0 atom stereocenters. The van der Waals surface area contributed by atoms with Gasteiger partial charge in [-0.25, -0.2) is 4.79 Å². The second kappa shape index (κ2) is 4.71. The molecule has 0 aliphatic carbocycles. The minimum atomic E-state index is -0.916. The molecule has 1 aliphatic heterocycles. The highest BCUT2D eigenvalue weighted by Gasteiger charge is 2.23. The lowest BCUT2D eigenvalue weighted by Crippen LogP contribution is -1.99. The van der Waals surface area contributed by atoms with E-state index in [9.17, 15) is 4.79 Å². The lowest BCUT2D eigenvalue weighted by molar-refractivity contribution is 0.0702. The fourth-order valence-corrected chi connectivity index (χ4v) is 3.50. The van der Waals surface area contributed by atoms with Crippen LogP contribution in [0.1, 0.15) is 15.2 Å². The van der Waals surface area contributed by atoms with Crippen molar-refractivity contribution in [3.05, 3.63) is 38.7 Å². The van der Waals surface area contributed by atoms with E-state index in [4.69, 9.17) is 33.0 Å². The maximum atomic E-state index is 11.1. The molecule has 1 aliphatic rings. The monoisotopic (exact) mass is 314 g/mol. The second-order valence-corrected chi connectivity index (χ2v) is 5.94. The molecule has 3 nitrogen and oxygen atoms in total. The molecule has 1 aromatic carbocycles. The van der Waals surface area contributed by atoms with Gasteiger partial charge in [-0.05, 0) is 23.8 Å². The highest BCUT2D eigenvalue weighted by Crippen LogP contribution is 2.46. The maximum Gasteiger partial charge on any atom is 0.345 e. The molecule has 0 saturated carbocycles. The van der Waals surface area contributed by atoms with Gasteiger partial charge in [0.15, 0.2) is 0 Å². The fraction of sp³-hybridized carbons (Fsp3) is 0.154. The van der Waals surface area contributed by atoms with Crippen LogP contribution < -0.4 is 4.74 Å². The number of hydrogen-bond donors (Lipinski definition) is 1. The minimum Gasteiger partial charge on any atom is -0.491 e. The Hall–Kier alpha value is -1.23. The molecule has 19 heavy (non-hydrogen) atoms. The Labute approximate surface area is 123 Å². The van der Waals surface area contributed by atoms with E-state index in [2.05, 4.69) is 0 Å². The quantitative estimate of drug-likeness (QED) is 0.851. The lowest BCUT2D eigenvalue weighted by atomic mass is 10.1. The number of aromatic carboxylic acids is 1. The number of hydrogen-bond acceptors (Lipinski definition) is 3. The number of benzene rings is 1. The van der Waals surface area contributed by atoms with Crippen LogP contribution in [0.4, 0.5) is 0 Å². The van der Waals surface area contributed by atoms with Gasteiger partial charge in [-0.3, -0.25) is 0 Å². The van der Waals surface area contributed by atoms with Gasteiger partial charge >= 0.3 is 5.97 Å². The van der Waals surface area contributed by atoms with Crippen molar-refractivity contribution in [1.82, 2.24) is 0 Å². The molecule has 1 aromatic heterocycles. The average molecular weight is 315 g/mol. The van der Waals surface area contributed by atoms with Crippen molar-refractivity contribution >= 4 is 40.5 Å². The van der Waals surface area contributed by atoms with E-state index >= 15 is 0 Å². The van der Waals surface area contributed by atoms with E-state index < -0.39 is 5.97 Å². The Bertz CT molecular complexity index is 679. The van der Waals surface area contributed by atoms with Crippen LogP contribution in [0.5, 0.6) is 5.75 Å². The summed E-state index contributed by atoms with van der Waals surface area (Å²) in [5.74, 6) is -0.382. The van der Waals surface area contributed by atoms with Crippen molar-refractivity contribution in [2.24, 2.45) is 0 Å². The molecule has 0 unspecified atom stereocenters. The summed E-state index contributed by atoms with van der Waals surface area (Å²) < 4.78 is 5.64. The molecule has 0 bridgehead atoms. The highest BCUT2D eigenvalue weighted by molar-refractivity contribution is 7.17. The smallest absolute Gasteiger partial charge is 0.345 e. The first-order valence-corrected chi connectivity index (χ1v) is 7.12. The van der Waals surface area contributed by atoms with Gasteiger partial charge in [0.2, 0.25) is 0 Å². The zero-order chi connectivity index (χ0) is 13.6. The summed E-state index contributed by atoms with van der Waals surface area (Å²) in [6.07, 6.45) is 0.655. The molecule has 6 heteroatoms. The summed E-state index contributed by atoms with van der Waals surface area (Å²) in [7, 11) is 0. The Morgan fingerprint density at radius 2 is 2.16 bits per heavy atom. The Morgan fingerprint density at radius 3 is 2.89 bits per heavy atom. The van der Waals surface area contributed by atoms with Gasteiger partial charge in [0.05, 0.1) is 11.6 Å². The van der Waals surface area contributed by atoms with E-state index in [1.807, 2.05) is 6.07 Å². The number of carboxylic acid groups (broad SMARTS) is 1. The molecule has 0 radical (unpaired) electrons. The zero-order valence-corrected chi connectivity index (χ0v) is 11.9. The number of thiophene rings is 1. The minimum absolute atomic E-state index is 0.323. The summed E-state index contributed by atoms with van der Waals surface area (Å²) in [6, 6.07) is 5.21. The van der Waals surface area contributed by atoms with Crippen LogP contribution in [-0.2, 0) is 6.42 Å². The third-order valence-corrected chi connectivity index (χ3v) is 4.92. The van der Waals surface area contributed by atoms with Gasteiger partial charge in [0.1, 0.15) is 15.6 Å². The Balaban J connectivity index is 2.24. The maximum absolute atomic E-state index is 11.1. The number of fused-ring (bicyclic) bond motifs is 3. The van der Waals surface area contributed by atoms with Gasteiger partial charge in [0.25, 0.3) is 0 Å². The Kier molecular flexibility index (Phi) is 3.17. The van der Waals surface area contributed by atoms with Crippen molar-refractivity contribution in [1.29, 1.82) is 0 Å². The normalized spacial score (nSPS) is 13.2. The zero-order valence-electron chi connectivity index (χ0n) is 9.57. The lowest BCUT2D eigenvalue weighted by Gasteiger charge is -2.10. The number of carboxylic acids is 1. The summed E-state index contributed by atoms with van der Waals surface area (Å²) in [4.78, 5) is 12.3. The SMILES string of the molecule is O=C(O)c1cc2c(s1)-c1ccc(Cl)c(Cl)c1OCC2. The van der Waals surface area contributed by atoms with Crippen LogP contribution >= 0.6 is 34.5 Å². The average Bonchev–Trinajstić information content (AvgIpc) is 2.72.